The van der Waals surface area contributed by atoms with Crippen molar-refractivity contribution < 1.29 is 4.79 Å². The Hall–Kier alpha value is -2.30. The quantitative estimate of drug-likeness (QED) is 0.867. The molecule has 1 aromatic carbocycles. The second-order valence-corrected chi connectivity index (χ2v) is 4.60. The first-order valence-corrected chi connectivity index (χ1v) is 6.40. The zero-order valence-corrected chi connectivity index (χ0v) is 11.0. The summed E-state index contributed by atoms with van der Waals surface area (Å²) in [6.45, 7) is 4.69. The Bertz CT molecular complexity index is 618. The summed E-state index contributed by atoms with van der Waals surface area (Å²) in [5, 5.41) is 10.7. The van der Waals surface area contributed by atoms with Crippen LogP contribution in [0.25, 0.3) is 0 Å². The van der Waals surface area contributed by atoms with Crippen LogP contribution in [-0.2, 0) is 11.3 Å². The molecule has 5 heteroatoms. The van der Waals surface area contributed by atoms with Gasteiger partial charge in [0, 0.05) is 6.54 Å². The van der Waals surface area contributed by atoms with Crippen molar-refractivity contribution in [2.75, 3.05) is 10.6 Å². The van der Waals surface area contributed by atoms with Crippen LogP contribution in [0, 0.1) is 6.92 Å². The first-order valence-electron chi connectivity index (χ1n) is 6.40. The molecule has 0 saturated carbocycles. The SMILES string of the molecule is CCn1nc(C)c2c1NC(c1ccccc1)C(=O)N2. The first-order chi connectivity index (χ1) is 9.20. The molecule has 0 fully saturated rings. The fraction of sp³-hybridized carbons (Fsp3) is 0.286. The van der Waals surface area contributed by atoms with E-state index in [2.05, 4.69) is 15.7 Å². The molecule has 19 heavy (non-hydrogen) atoms. The lowest BCUT2D eigenvalue weighted by atomic mass is 10.0. The highest BCUT2D eigenvalue weighted by Gasteiger charge is 2.30. The second-order valence-electron chi connectivity index (χ2n) is 4.60. The lowest BCUT2D eigenvalue weighted by Gasteiger charge is -2.25. The average Bonchev–Trinajstić information content (AvgIpc) is 2.75. The minimum atomic E-state index is -0.366. The summed E-state index contributed by atoms with van der Waals surface area (Å²) in [7, 11) is 0. The van der Waals surface area contributed by atoms with Gasteiger partial charge in [-0.25, -0.2) is 4.68 Å². The number of aryl methyl sites for hydroxylation is 2. The van der Waals surface area contributed by atoms with E-state index in [0.29, 0.717) is 0 Å². The van der Waals surface area contributed by atoms with Crippen LogP contribution >= 0.6 is 0 Å². The summed E-state index contributed by atoms with van der Waals surface area (Å²) in [4.78, 5) is 12.2. The number of hydrogen-bond donors (Lipinski definition) is 2. The monoisotopic (exact) mass is 256 g/mol. The number of nitrogens with zero attached hydrogens (tertiary/aromatic N) is 2. The molecule has 1 aromatic heterocycles. The largest absolute Gasteiger partial charge is 0.353 e. The first kappa shape index (κ1) is 11.8. The molecule has 0 aliphatic carbocycles. The van der Waals surface area contributed by atoms with Crippen molar-refractivity contribution in [2.24, 2.45) is 0 Å². The molecule has 0 radical (unpaired) electrons. The van der Waals surface area contributed by atoms with Crippen LogP contribution in [0.1, 0.15) is 24.2 Å². The van der Waals surface area contributed by atoms with Gasteiger partial charge >= 0.3 is 0 Å². The second kappa shape index (κ2) is 4.42. The molecule has 1 aliphatic heterocycles. The molecule has 3 rings (SSSR count). The Morgan fingerprint density at radius 1 is 1.32 bits per heavy atom. The summed E-state index contributed by atoms with van der Waals surface area (Å²) in [6.07, 6.45) is 0. The van der Waals surface area contributed by atoms with Crippen LogP contribution in [0.4, 0.5) is 11.5 Å². The van der Waals surface area contributed by atoms with Crippen molar-refractivity contribution >= 4 is 17.4 Å². The highest BCUT2D eigenvalue weighted by molar-refractivity contribution is 6.03. The molecule has 98 valence electrons. The van der Waals surface area contributed by atoms with E-state index >= 15 is 0 Å². The molecule has 2 heterocycles. The number of hydrogen-bond acceptors (Lipinski definition) is 3. The molecule has 1 atom stereocenters. The van der Waals surface area contributed by atoms with Crippen molar-refractivity contribution in [3.05, 3.63) is 41.6 Å². The topological polar surface area (TPSA) is 59.0 Å². The van der Waals surface area contributed by atoms with Gasteiger partial charge in [-0.3, -0.25) is 4.79 Å². The van der Waals surface area contributed by atoms with Crippen LogP contribution < -0.4 is 10.6 Å². The van der Waals surface area contributed by atoms with Crippen molar-refractivity contribution in [2.45, 2.75) is 26.4 Å². The number of carbonyl (C=O) groups excluding carboxylic acids is 1. The zero-order chi connectivity index (χ0) is 13.4. The predicted octanol–water partition coefficient (Wildman–Crippen LogP) is 2.32. The Morgan fingerprint density at radius 2 is 2.05 bits per heavy atom. The van der Waals surface area contributed by atoms with Gasteiger partial charge in [0.2, 0.25) is 0 Å². The summed E-state index contributed by atoms with van der Waals surface area (Å²) >= 11 is 0. The number of amides is 1. The number of rotatable bonds is 2. The summed E-state index contributed by atoms with van der Waals surface area (Å²) in [5.41, 5.74) is 2.58. The van der Waals surface area contributed by atoms with E-state index < -0.39 is 0 Å². The van der Waals surface area contributed by atoms with E-state index in [4.69, 9.17) is 0 Å². The third-order valence-corrected chi connectivity index (χ3v) is 3.35. The highest BCUT2D eigenvalue weighted by atomic mass is 16.2. The number of aromatic nitrogens is 2. The van der Waals surface area contributed by atoms with Gasteiger partial charge in [0.25, 0.3) is 5.91 Å². The molecule has 2 N–H and O–H groups in total. The van der Waals surface area contributed by atoms with E-state index in [1.54, 1.807) is 0 Å². The van der Waals surface area contributed by atoms with Crippen LogP contribution in [0.2, 0.25) is 0 Å². The van der Waals surface area contributed by atoms with E-state index in [1.165, 1.54) is 0 Å². The Balaban J connectivity index is 2.02. The normalized spacial score (nSPS) is 17.6. The maximum Gasteiger partial charge on any atom is 0.251 e. The van der Waals surface area contributed by atoms with Crippen LogP contribution in [0.3, 0.4) is 0 Å². The zero-order valence-electron chi connectivity index (χ0n) is 11.0. The van der Waals surface area contributed by atoms with Gasteiger partial charge in [-0.15, -0.1) is 0 Å². The molecule has 0 spiro atoms. The summed E-state index contributed by atoms with van der Waals surface area (Å²) < 4.78 is 1.88. The smallest absolute Gasteiger partial charge is 0.251 e. The van der Waals surface area contributed by atoms with Crippen molar-refractivity contribution in [3.63, 3.8) is 0 Å². The molecule has 2 aromatic rings. The minimum Gasteiger partial charge on any atom is -0.353 e. The fourth-order valence-electron chi connectivity index (χ4n) is 2.38. The lowest BCUT2D eigenvalue weighted by Crippen LogP contribution is -2.32. The van der Waals surface area contributed by atoms with Gasteiger partial charge in [-0.2, -0.15) is 5.10 Å². The molecule has 1 aliphatic rings. The van der Waals surface area contributed by atoms with Crippen LogP contribution in [0.5, 0.6) is 0 Å². The molecular formula is C14H16N4O. The van der Waals surface area contributed by atoms with Crippen LogP contribution in [0.15, 0.2) is 30.3 Å². The van der Waals surface area contributed by atoms with E-state index in [0.717, 1.165) is 29.3 Å². The standard InChI is InChI=1S/C14H16N4O/c1-3-18-13-11(9(2)17-18)16-14(19)12(15-13)10-7-5-4-6-8-10/h4-8,12,15H,3H2,1-2H3,(H,16,19). The van der Waals surface area contributed by atoms with Crippen molar-refractivity contribution in [1.82, 2.24) is 9.78 Å². The Labute approximate surface area is 111 Å². The number of anilines is 2. The maximum atomic E-state index is 12.2. The Kier molecular flexibility index (Phi) is 2.74. The third kappa shape index (κ3) is 1.87. The van der Waals surface area contributed by atoms with Crippen LogP contribution in [-0.4, -0.2) is 15.7 Å². The van der Waals surface area contributed by atoms with Gasteiger partial charge in [-0.1, -0.05) is 30.3 Å². The number of carbonyl (C=O) groups is 1. The molecule has 0 bridgehead atoms. The molecule has 0 saturated heterocycles. The van der Waals surface area contributed by atoms with Gasteiger partial charge in [0.1, 0.15) is 17.5 Å². The minimum absolute atomic E-state index is 0.0440. The molecule has 1 amide bonds. The summed E-state index contributed by atoms with van der Waals surface area (Å²) in [5.74, 6) is 0.839. The van der Waals surface area contributed by atoms with E-state index in [9.17, 15) is 4.79 Å². The summed E-state index contributed by atoms with van der Waals surface area (Å²) in [6, 6.07) is 9.33. The Morgan fingerprint density at radius 3 is 2.74 bits per heavy atom. The van der Waals surface area contributed by atoms with Crippen molar-refractivity contribution in [1.29, 1.82) is 0 Å². The van der Waals surface area contributed by atoms with Gasteiger partial charge < -0.3 is 10.6 Å². The third-order valence-electron chi connectivity index (χ3n) is 3.35. The van der Waals surface area contributed by atoms with Crippen molar-refractivity contribution in [3.8, 4) is 0 Å². The average molecular weight is 256 g/mol. The molecular weight excluding hydrogens is 240 g/mol. The number of benzene rings is 1. The predicted molar refractivity (Wildman–Crippen MR) is 74.1 cm³/mol. The van der Waals surface area contributed by atoms with Gasteiger partial charge in [-0.05, 0) is 19.4 Å². The van der Waals surface area contributed by atoms with E-state index in [-0.39, 0.29) is 11.9 Å². The maximum absolute atomic E-state index is 12.2. The van der Waals surface area contributed by atoms with Gasteiger partial charge in [0.05, 0.1) is 5.69 Å². The fourth-order valence-corrected chi connectivity index (χ4v) is 2.38. The lowest BCUT2D eigenvalue weighted by molar-refractivity contribution is -0.117. The molecule has 1 unspecified atom stereocenters. The molecule has 5 nitrogen and oxygen atoms in total. The number of nitrogens with one attached hydrogen (secondary N) is 2. The van der Waals surface area contributed by atoms with E-state index in [1.807, 2.05) is 48.9 Å². The highest BCUT2D eigenvalue weighted by Crippen LogP contribution is 2.34. The number of fused-ring (bicyclic) bond motifs is 1. The van der Waals surface area contributed by atoms with Gasteiger partial charge in [0.15, 0.2) is 0 Å².